The van der Waals surface area contributed by atoms with Crippen LogP contribution >= 0.6 is 0 Å². The van der Waals surface area contributed by atoms with E-state index in [2.05, 4.69) is 26.1 Å². The number of aromatic nitrogens is 5. The fraction of sp³-hybridized carbons (Fsp3) is 0.0476. The van der Waals surface area contributed by atoms with Gasteiger partial charge in [-0.15, -0.1) is 0 Å². The summed E-state index contributed by atoms with van der Waals surface area (Å²) in [6.45, 7) is 0. The number of hydrogen-bond donors (Lipinski definition) is 1. The largest absolute Gasteiger partial charge is 0.396 e. The minimum atomic E-state index is -0.477. The van der Waals surface area contributed by atoms with E-state index in [-0.39, 0.29) is 5.69 Å². The Labute approximate surface area is 159 Å². The van der Waals surface area contributed by atoms with Crippen molar-refractivity contribution in [3.05, 3.63) is 84.2 Å². The van der Waals surface area contributed by atoms with Gasteiger partial charge >= 0.3 is 0 Å². The number of rotatable bonds is 3. The number of fused-ring (bicyclic) bond motifs is 2. The summed E-state index contributed by atoms with van der Waals surface area (Å²) in [4.78, 5) is 13.0. The molecule has 0 radical (unpaired) electrons. The van der Waals surface area contributed by atoms with Crippen LogP contribution in [0.15, 0.2) is 67.1 Å². The van der Waals surface area contributed by atoms with Gasteiger partial charge < -0.3 is 5.73 Å². The van der Waals surface area contributed by atoms with Crippen LogP contribution < -0.4 is 5.73 Å². The van der Waals surface area contributed by atoms with Crippen LogP contribution in [-0.4, -0.2) is 24.6 Å². The number of nitrogens with zero attached hydrogens (tertiary/aromatic N) is 5. The first-order valence-corrected chi connectivity index (χ1v) is 8.76. The van der Waals surface area contributed by atoms with Crippen LogP contribution in [0.3, 0.4) is 0 Å². The third kappa shape index (κ3) is 2.83. The van der Waals surface area contributed by atoms with Crippen LogP contribution in [0, 0.1) is 5.82 Å². The quantitative estimate of drug-likeness (QED) is 0.490. The fourth-order valence-electron chi connectivity index (χ4n) is 3.20. The molecule has 0 spiro atoms. The molecule has 136 valence electrons. The number of anilines is 1. The maximum atomic E-state index is 13.8. The lowest BCUT2D eigenvalue weighted by Crippen LogP contribution is -2.02. The lowest BCUT2D eigenvalue weighted by Gasteiger charge is -2.06. The highest BCUT2D eigenvalue weighted by Crippen LogP contribution is 2.22. The molecule has 0 aliphatic carbocycles. The van der Waals surface area contributed by atoms with Crippen molar-refractivity contribution in [1.82, 2.24) is 24.6 Å². The minimum absolute atomic E-state index is 0.104. The Kier molecular flexibility index (Phi) is 3.72. The maximum Gasteiger partial charge on any atom is 0.250 e. The summed E-state index contributed by atoms with van der Waals surface area (Å²) >= 11 is 0. The molecule has 0 saturated heterocycles. The first-order valence-electron chi connectivity index (χ1n) is 8.76. The third-order valence-electron chi connectivity index (χ3n) is 4.65. The van der Waals surface area contributed by atoms with Gasteiger partial charge in [0.15, 0.2) is 0 Å². The molecule has 5 rings (SSSR count). The van der Waals surface area contributed by atoms with E-state index in [1.54, 1.807) is 29.2 Å². The summed E-state index contributed by atoms with van der Waals surface area (Å²) in [7, 11) is 0. The van der Waals surface area contributed by atoms with Gasteiger partial charge in [0.05, 0.1) is 29.3 Å². The van der Waals surface area contributed by atoms with Gasteiger partial charge in [-0.2, -0.15) is 5.10 Å². The van der Waals surface area contributed by atoms with Crippen LogP contribution in [0.25, 0.3) is 27.9 Å². The standard InChI is InChI=1S/C21H15FN6/c22-17-10-15(4-5-18(17)23)20-12-26-21-25-11-16(28(21)27-20)9-13-3-6-19-14(8-13)2-1-7-24-19/h1-8,10-12H,9,23H2. The molecule has 0 amide bonds. The molecule has 0 unspecified atom stereocenters. The van der Waals surface area contributed by atoms with Gasteiger partial charge in [-0.3, -0.25) is 4.98 Å². The Morgan fingerprint density at radius 1 is 0.964 bits per heavy atom. The molecule has 0 atom stereocenters. The Morgan fingerprint density at radius 3 is 2.75 bits per heavy atom. The van der Waals surface area contributed by atoms with E-state index < -0.39 is 5.82 Å². The van der Waals surface area contributed by atoms with Crippen LogP contribution in [0.1, 0.15) is 11.3 Å². The first-order chi connectivity index (χ1) is 13.7. The zero-order valence-corrected chi connectivity index (χ0v) is 14.7. The second-order valence-corrected chi connectivity index (χ2v) is 6.55. The SMILES string of the molecule is Nc1ccc(-c2cnc3ncc(Cc4ccc5ncccc5c4)n3n2)cc1F. The zero-order valence-electron chi connectivity index (χ0n) is 14.7. The van der Waals surface area contributed by atoms with Crippen molar-refractivity contribution in [1.29, 1.82) is 0 Å². The number of nitrogen functional groups attached to an aromatic ring is 1. The van der Waals surface area contributed by atoms with Crippen LogP contribution in [0.4, 0.5) is 10.1 Å². The Morgan fingerprint density at radius 2 is 1.86 bits per heavy atom. The molecule has 0 fully saturated rings. The van der Waals surface area contributed by atoms with Crippen molar-refractivity contribution >= 4 is 22.4 Å². The molecule has 2 aromatic carbocycles. The topological polar surface area (TPSA) is 82.0 Å². The highest BCUT2D eigenvalue weighted by Gasteiger charge is 2.11. The molecule has 28 heavy (non-hydrogen) atoms. The lowest BCUT2D eigenvalue weighted by molar-refractivity contribution is 0.633. The number of imidazole rings is 1. The minimum Gasteiger partial charge on any atom is -0.396 e. The predicted octanol–water partition coefficient (Wildman–Crippen LogP) is 3.65. The van der Waals surface area contributed by atoms with Gasteiger partial charge in [0.25, 0.3) is 5.78 Å². The van der Waals surface area contributed by atoms with E-state index >= 15 is 0 Å². The van der Waals surface area contributed by atoms with Crippen LogP contribution in [0.2, 0.25) is 0 Å². The number of pyridine rings is 1. The Balaban J connectivity index is 1.54. The van der Waals surface area contributed by atoms with Gasteiger partial charge in [-0.25, -0.2) is 18.9 Å². The van der Waals surface area contributed by atoms with Gasteiger partial charge in [0.1, 0.15) is 11.5 Å². The van der Waals surface area contributed by atoms with E-state index in [0.29, 0.717) is 23.5 Å². The Bertz CT molecular complexity index is 1330. The summed E-state index contributed by atoms with van der Waals surface area (Å²) in [5.41, 5.74) is 9.79. The van der Waals surface area contributed by atoms with E-state index in [4.69, 9.17) is 5.73 Å². The highest BCUT2D eigenvalue weighted by molar-refractivity contribution is 5.79. The van der Waals surface area contributed by atoms with Crippen molar-refractivity contribution in [3.8, 4) is 11.3 Å². The summed E-state index contributed by atoms with van der Waals surface area (Å²) in [5, 5.41) is 5.69. The molecule has 2 N–H and O–H groups in total. The average Bonchev–Trinajstić information content (AvgIpc) is 3.12. The van der Waals surface area contributed by atoms with E-state index in [9.17, 15) is 4.39 Å². The number of hydrogen-bond acceptors (Lipinski definition) is 5. The molecule has 3 aromatic heterocycles. The number of nitrogens with two attached hydrogens (primary N) is 1. The van der Waals surface area contributed by atoms with Crippen molar-refractivity contribution in [3.63, 3.8) is 0 Å². The lowest BCUT2D eigenvalue weighted by atomic mass is 10.1. The normalized spacial score (nSPS) is 11.3. The monoisotopic (exact) mass is 370 g/mol. The van der Waals surface area contributed by atoms with Gasteiger partial charge in [0.2, 0.25) is 0 Å². The molecule has 0 aliphatic rings. The number of halogens is 1. The first kappa shape index (κ1) is 16.3. The molecule has 0 bridgehead atoms. The zero-order chi connectivity index (χ0) is 19.1. The molecular weight excluding hydrogens is 355 g/mol. The molecule has 3 heterocycles. The summed E-state index contributed by atoms with van der Waals surface area (Å²) in [6, 6.07) is 14.7. The maximum absolute atomic E-state index is 13.8. The highest BCUT2D eigenvalue weighted by atomic mass is 19.1. The van der Waals surface area contributed by atoms with Crippen LogP contribution in [-0.2, 0) is 6.42 Å². The second-order valence-electron chi connectivity index (χ2n) is 6.55. The molecular formula is C21H15FN6. The summed E-state index contributed by atoms with van der Waals surface area (Å²) < 4.78 is 15.5. The smallest absolute Gasteiger partial charge is 0.250 e. The van der Waals surface area contributed by atoms with Crippen molar-refractivity contribution < 1.29 is 4.39 Å². The Hall–Kier alpha value is -3.87. The van der Waals surface area contributed by atoms with Crippen LogP contribution in [0.5, 0.6) is 0 Å². The number of benzene rings is 2. The molecule has 6 nitrogen and oxygen atoms in total. The van der Waals surface area contributed by atoms with Crippen molar-refractivity contribution in [2.24, 2.45) is 0 Å². The molecule has 0 saturated carbocycles. The predicted molar refractivity (Wildman–Crippen MR) is 105 cm³/mol. The van der Waals surface area contributed by atoms with Gasteiger partial charge in [-0.05, 0) is 35.9 Å². The van der Waals surface area contributed by atoms with Crippen molar-refractivity contribution in [2.75, 3.05) is 5.73 Å². The molecule has 5 aromatic rings. The molecule has 0 aliphatic heterocycles. The van der Waals surface area contributed by atoms with Crippen molar-refractivity contribution in [2.45, 2.75) is 6.42 Å². The summed E-state index contributed by atoms with van der Waals surface area (Å²) in [5.74, 6) is 0.0205. The fourth-order valence-corrected chi connectivity index (χ4v) is 3.20. The van der Waals surface area contributed by atoms with Gasteiger partial charge in [-0.1, -0.05) is 18.2 Å². The molecule has 7 heteroatoms. The second kappa shape index (κ2) is 6.38. The van der Waals surface area contributed by atoms with E-state index in [0.717, 1.165) is 22.2 Å². The van der Waals surface area contributed by atoms with E-state index in [1.807, 2.05) is 24.3 Å². The average molecular weight is 370 g/mol. The summed E-state index contributed by atoms with van der Waals surface area (Å²) in [6.07, 6.45) is 5.76. The van der Waals surface area contributed by atoms with E-state index in [1.165, 1.54) is 12.1 Å². The van der Waals surface area contributed by atoms with Gasteiger partial charge in [0, 0.05) is 23.6 Å². The third-order valence-corrected chi connectivity index (χ3v) is 4.65.